The van der Waals surface area contributed by atoms with Crippen molar-refractivity contribution in [2.24, 2.45) is 10.1 Å². The lowest BCUT2D eigenvalue weighted by molar-refractivity contribution is 0.321. The lowest BCUT2D eigenvalue weighted by Gasteiger charge is -2.18. The molecule has 1 aromatic carbocycles. The lowest BCUT2D eigenvalue weighted by Crippen LogP contribution is -2.28. The van der Waals surface area contributed by atoms with Crippen LogP contribution in [0.15, 0.2) is 28.3 Å². The Morgan fingerprint density at radius 2 is 2.29 bits per heavy atom. The molecule has 0 unspecified atom stereocenters. The van der Waals surface area contributed by atoms with Crippen LogP contribution in [0, 0.1) is 0 Å². The van der Waals surface area contributed by atoms with Gasteiger partial charge >= 0.3 is 0 Å². The molecule has 0 bridgehead atoms. The number of hydrogen-bond acceptors (Lipinski definition) is 4. The minimum Gasteiger partial charge on any atom is -0.411 e. The molecule has 1 N–H and O–H groups in total. The number of halogens is 2. The Balaban J connectivity index is 2.13. The number of amidine groups is 1. The van der Waals surface area contributed by atoms with Gasteiger partial charge in [-0.15, -0.1) is 0 Å². The van der Waals surface area contributed by atoms with Crippen LogP contribution in [0.2, 0.25) is 10.0 Å². The highest BCUT2D eigenvalue weighted by Gasteiger charge is 2.16. The third kappa shape index (κ3) is 2.90. The first-order chi connectivity index (χ1) is 8.20. The van der Waals surface area contributed by atoms with Crippen LogP contribution in [-0.4, -0.2) is 35.2 Å². The summed E-state index contributed by atoms with van der Waals surface area (Å²) in [6, 6.07) is 5.40. The second-order valence-corrected chi connectivity index (χ2v) is 4.49. The molecule has 1 aromatic rings. The second-order valence-electron chi connectivity index (χ2n) is 3.64. The van der Waals surface area contributed by atoms with Gasteiger partial charge in [0.25, 0.3) is 0 Å². The smallest absolute Gasteiger partial charge is 0.146 e. The summed E-state index contributed by atoms with van der Waals surface area (Å²) >= 11 is 11.9. The zero-order chi connectivity index (χ0) is 12.3. The van der Waals surface area contributed by atoms with Crippen LogP contribution in [0.5, 0.6) is 0 Å². The molecule has 4 nitrogen and oxygen atoms in total. The van der Waals surface area contributed by atoms with Crippen LogP contribution in [0.3, 0.4) is 0 Å². The van der Waals surface area contributed by atoms with E-state index >= 15 is 0 Å². The van der Waals surface area contributed by atoms with E-state index in [9.17, 15) is 0 Å². The number of rotatable bonds is 3. The summed E-state index contributed by atoms with van der Waals surface area (Å²) in [4.78, 5) is 6.21. The first kappa shape index (κ1) is 12.2. The van der Waals surface area contributed by atoms with Crippen molar-refractivity contribution in [2.75, 3.05) is 13.1 Å². The molecule has 2 rings (SSSR count). The van der Waals surface area contributed by atoms with Crippen molar-refractivity contribution in [3.05, 3.63) is 33.8 Å². The predicted octanol–water partition coefficient (Wildman–Crippen LogP) is 2.67. The Morgan fingerprint density at radius 3 is 3.00 bits per heavy atom. The molecule has 0 fully saturated rings. The maximum Gasteiger partial charge on any atom is 0.146 e. The summed E-state index contributed by atoms with van der Waals surface area (Å²) in [5, 5.41) is 12.8. The molecular weight excluding hydrogens is 261 g/mol. The van der Waals surface area contributed by atoms with Crippen molar-refractivity contribution >= 4 is 35.3 Å². The molecule has 0 atom stereocenters. The summed E-state index contributed by atoms with van der Waals surface area (Å²) in [5.74, 6) is 0.665. The Bertz CT molecular complexity index is 474. The third-order valence-corrected chi connectivity index (χ3v) is 3.10. The van der Waals surface area contributed by atoms with E-state index in [1.54, 1.807) is 12.1 Å². The van der Waals surface area contributed by atoms with E-state index in [1.807, 2.05) is 11.0 Å². The summed E-state index contributed by atoms with van der Waals surface area (Å²) in [5.41, 5.74) is 0.969. The SMILES string of the molecule is ON=CC1=NCCN1Cc1ccc(Cl)cc1Cl. The van der Waals surface area contributed by atoms with E-state index in [0.29, 0.717) is 29.0 Å². The van der Waals surface area contributed by atoms with Gasteiger partial charge in [-0.05, 0) is 17.7 Å². The van der Waals surface area contributed by atoms with Crippen LogP contribution in [-0.2, 0) is 6.54 Å². The normalized spacial score (nSPS) is 15.6. The van der Waals surface area contributed by atoms with Gasteiger partial charge in [0, 0.05) is 23.1 Å². The van der Waals surface area contributed by atoms with Crippen molar-refractivity contribution in [2.45, 2.75) is 6.54 Å². The molecule has 0 aromatic heterocycles. The zero-order valence-electron chi connectivity index (χ0n) is 8.98. The fourth-order valence-electron chi connectivity index (χ4n) is 1.69. The molecular formula is C11H11Cl2N3O. The van der Waals surface area contributed by atoms with E-state index in [2.05, 4.69) is 10.1 Å². The first-order valence-electron chi connectivity index (χ1n) is 5.11. The minimum absolute atomic E-state index is 0.617. The van der Waals surface area contributed by atoms with Gasteiger partial charge in [0.2, 0.25) is 0 Å². The van der Waals surface area contributed by atoms with E-state index in [1.165, 1.54) is 6.21 Å². The Labute approximate surface area is 109 Å². The summed E-state index contributed by atoms with van der Waals surface area (Å²) in [7, 11) is 0. The van der Waals surface area contributed by atoms with Crippen LogP contribution in [0.25, 0.3) is 0 Å². The first-order valence-corrected chi connectivity index (χ1v) is 5.87. The zero-order valence-corrected chi connectivity index (χ0v) is 10.5. The lowest BCUT2D eigenvalue weighted by atomic mass is 10.2. The maximum atomic E-state index is 8.52. The van der Waals surface area contributed by atoms with Crippen molar-refractivity contribution in [3.63, 3.8) is 0 Å². The molecule has 90 valence electrons. The van der Waals surface area contributed by atoms with Gasteiger partial charge in [0.15, 0.2) is 0 Å². The average molecular weight is 272 g/mol. The van der Waals surface area contributed by atoms with Crippen molar-refractivity contribution in [3.8, 4) is 0 Å². The molecule has 6 heteroatoms. The predicted molar refractivity (Wildman–Crippen MR) is 69.5 cm³/mol. The van der Waals surface area contributed by atoms with Gasteiger partial charge in [0.1, 0.15) is 12.1 Å². The molecule has 0 radical (unpaired) electrons. The number of oxime groups is 1. The van der Waals surface area contributed by atoms with Gasteiger partial charge in [-0.1, -0.05) is 34.4 Å². The summed E-state index contributed by atoms with van der Waals surface area (Å²) in [6.07, 6.45) is 1.33. The van der Waals surface area contributed by atoms with E-state index in [4.69, 9.17) is 28.4 Å². The van der Waals surface area contributed by atoms with Crippen LogP contribution < -0.4 is 0 Å². The van der Waals surface area contributed by atoms with Crippen molar-refractivity contribution in [1.29, 1.82) is 0 Å². The Morgan fingerprint density at radius 1 is 1.47 bits per heavy atom. The summed E-state index contributed by atoms with van der Waals surface area (Å²) in [6.45, 7) is 2.12. The molecule has 17 heavy (non-hydrogen) atoms. The third-order valence-electron chi connectivity index (χ3n) is 2.52. The van der Waals surface area contributed by atoms with E-state index in [-0.39, 0.29) is 0 Å². The number of benzene rings is 1. The fraction of sp³-hybridized carbons (Fsp3) is 0.273. The average Bonchev–Trinajstić information content (AvgIpc) is 2.71. The van der Waals surface area contributed by atoms with Gasteiger partial charge in [-0.2, -0.15) is 0 Å². The number of aliphatic imine (C=N–C) groups is 1. The Hall–Kier alpha value is -1.26. The molecule has 1 aliphatic heterocycles. The van der Waals surface area contributed by atoms with Gasteiger partial charge in [0.05, 0.1) is 6.54 Å². The van der Waals surface area contributed by atoms with E-state index < -0.39 is 0 Å². The summed E-state index contributed by atoms with van der Waals surface area (Å²) < 4.78 is 0. The van der Waals surface area contributed by atoms with Crippen molar-refractivity contribution < 1.29 is 5.21 Å². The molecule has 0 amide bonds. The van der Waals surface area contributed by atoms with Crippen molar-refractivity contribution in [1.82, 2.24) is 4.90 Å². The highest BCUT2D eigenvalue weighted by Crippen LogP contribution is 2.22. The molecule has 0 aliphatic carbocycles. The maximum absolute atomic E-state index is 8.52. The highest BCUT2D eigenvalue weighted by molar-refractivity contribution is 6.35. The monoisotopic (exact) mass is 271 g/mol. The van der Waals surface area contributed by atoms with Crippen LogP contribution >= 0.6 is 23.2 Å². The van der Waals surface area contributed by atoms with E-state index in [0.717, 1.165) is 12.1 Å². The topological polar surface area (TPSA) is 48.2 Å². The van der Waals surface area contributed by atoms with Crippen LogP contribution in [0.1, 0.15) is 5.56 Å². The largest absolute Gasteiger partial charge is 0.411 e. The minimum atomic E-state index is 0.617. The molecule has 0 saturated heterocycles. The quantitative estimate of drug-likeness (QED) is 0.522. The number of nitrogens with zero attached hydrogens (tertiary/aromatic N) is 3. The number of hydrogen-bond donors (Lipinski definition) is 1. The van der Waals surface area contributed by atoms with Gasteiger partial charge in [-0.25, -0.2) is 0 Å². The van der Waals surface area contributed by atoms with Gasteiger partial charge < -0.3 is 10.1 Å². The second kappa shape index (κ2) is 5.38. The Kier molecular flexibility index (Phi) is 3.86. The van der Waals surface area contributed by atoms with Gasteiger partial charge in [-0.3, -0.25) is 4.99 Å². The molecule has 1 heterocycles. The fourth-order valence-corrected chi connectivity index (χ4v) is 2.16. The molecule has 0 spiro atoms. The molecule has 0 saturated carbocycles. The van der Waals surface area contributed by atoms with Crippen LogP contribution in [0.4, 0.5) is 0 Å². The standard InChI is InChI=1S/C11H11Cl2N3O/c12-9-2-1-8(10(13)5-9)7-16-4-3-14-11(16)6-15-17/h1-2,5-6,17H,3-4,7H2. The molecule has 1 aliphatic rings. The highest BCUT2D eigenvalue weighted by atomic mass is 35.5.